The summed E-state index contributed by atoms with van der Waals surface area (Å²) in [5.41, 5.74) is 12.4. The van der Waals surface area contributed by atoms with E-state index < -0.39 is 86.2 Å². The van der Waals surface area contributed by atoms with Crippen LogP contribution >= 0.6 is 0 Å². The Morgan fingerprint density at radius 1 is 0.698 bits per heavy atom. The third-order valence-corrected chi connectivity index (χ3v) is 9.19. The summed E-state index contributed by atoms with van der Waals surface area (Å²) in [6.45, 7) is 4.56. The molecule has 1 aliphatic carbocycles. The third-order valence-electron chi connectivity index (χ3n) is 9.19. The van der Waals surface area contributed by atoms with E-state index in [0.29, 0.717) is 13.0 Å². The summed E-state index contributed by atoms with van der Waals surface area (Å²) in [6, 6.07) is -1.80. The van der Waals surface area contributed by atoms with Crippen LogP contribution in [0.5, 0.6) is 0 Å². The molecular weight excluding hydrogens is 562 g/mol. The average molecular weight is 622 g/mol. The molecule has 3 aliphatic rings. The van der Waals surface area contributed by atoms with Crippen LogP contribution in [0.15, 0.2) is 0 Å². The number of hydrogen-bond donors (Lipinski definition) is 9. The van der Waals surface area contributed by atoms with E-state index in [-0.39, 0.29) is 5.92 Å². The van der Waals surface area contributed by atoms with Crippen LogP contribution in [0.25, 0.3) is 0 Å². The van der Waals surface area contributed by atoms with Gasteiger partial charge in [-0.2, -0.15) is 0 Å². The number of hydrogen-bond acceptors (Lipinski definition) is 13. The molecule has 0 aromatic rings. The summed E-state index contributed by atoms with van der Waals surface area (Å²) in [4.78, 5) is 0. The van der Waals surface area contributed by atoms with Crippen LogP contribution in [0.1, 0.15) is 84.5 Å². The number of aliphatic hydroxyl groups is 6. The molecular formula is C30H59N3O10. The van der Waals surface area contributed by atoms with E-state index in [2.05, 4.69) is 12.2 Å². The minimum absolute atomic E-state index is 0.277. The highest BCUT2D eigenvalue weighted by Gasteiger charge is 2.52. The van der Waals surface area contributed by atoms with Crippen LogP contribution in [0.4, 0.5) is 0 Å². The van der Waals surface area contributed by atoms with E-state index in [1.54, 1.807) is 0 Å². The molecule has 13 heteroatoms. The van der Waals surface area contributed by atoms with E-state index in [4.69, 9.17) is 30.4 Å². The number of ether oxygens (including phenoxy) is 4. The molecule has 5 unspecified atom stereocenters. The molecule has 0 aromatic carbocycles. The Bertz CT molecular complexity index is 770. The Morgan fingerprint density at radius 2 is 1.26 bits per heavy atom. The largest absolute Gasteiger partial charge is 0.394 e. The zero-order valence-electron chi connectivity index (χ0n) is 26.0. The molecule has 2 heterocycles. The van der Waals surface area contributed by atoms with Crippen LogP contribution in [-0.4, -0.2) is 130 Å². The Hall–Kier alpha value is -0.520. The Labute approximate surface area is 256 Å². The molecule has 1 saturated carbocycles. The van der Waals surface area contributed by atoms with Crippen molar-refractivity contribution in [3.05, 3.63) is 0 Å². The maximum atomic E-state index is 11.0. The monoisotopic (exact) mass is 621 g/mol. The van der Waals surface area contributed by atoms with E-state index in [1.807, 2.05) is 6.92 Å². The van der Waals surface area contributed by atoms with E-state index in [1.165, 1.54) is 51.4 Å². The first-order valence-electron chi connectivity index (χ1n) is 16.5. The van der Waals surface area contributed by atoms with Crippen molar-refractivity contribution in [2.75, 3.05) is 19.7 Å². The number of nitrogens with one attached hydrogen (secondary N) is 1. The van der Waals surface area contributed by atoms with Crippen molar-refractivity contribution in [3.63, 3.8) is 0 Å². The predicted octanol–water partition coefficient (Wildman–Crippen LogP) is -0.792. The standard InChI is InChI=1S/C30H59N3O10/c1-3-4-5-6-7-8-9-10-11-12-13-33-15-19-23(36)26(39)30(40-19)43-28-22(35)17(2)14-18(31)27(28)42-29-21(32)25(38)24(37)20(16-34)41-29/h17-30,33-39H,3-16,31-32H2,1-2H3/t17-,18?,19-,20?,21?,22?,23+,24-,25-,26?,27-,28-,29-,30+/m1/s1. The van der Waals surface area contributed by atoms with Crippen LogP contribution in [0.2, 0.25) is 0 Å². The first-order valence-corrected chi connectivity index (χ1v) is 16.5. The lowest BCUT2D eigenvalue weighted by Gasteiger charge is -2.47. The predicted molar refractivity (Wildman–Crippen MR) is 159 cm³/mol. The minimum atomic E-state index is -1.43. The van der Waals surface area contributed by atoms with Gasteiger partial charge in [0.1, 0.15) is 48.8 Å². The van der Waals surface area contributed by atoms with Crippen molar-refractivity contribution in [3.8, 4) is 0 Å². The highest BCUT2D eigenvalue weighted by Crippen LogP contribution is 2.34. The van der Waals surface area contributed by atoms with Gasteiger partial charge < -0.3 is 66.4 Å². The van der Waals surface area contributed by atoms with Crippen molar-refractivity contribution in [1.82, 2.24) is 5.32 Å². The second kappa shape index (κ2) is 18.6. The topological polar surface area (TPSA) is 222 Å². The number of unbranched alkanes of at least 4 members (excludes halogenated alkanes) is 9. The van der Waals surface area contributed by atoms with Crippen molar-refractivity contribution in [2.24, 2.45) is 17.4 Å². The smallest absolute Gasteiger partial charge is 0.187 e. The molecule has 0 aromatic heterocycles. The number of nitrogens with two attached hydrogens (primary N) is 2. The SMILES string of the molecule is CCCCCCCCCCCCNC[C@H]1O[C@@H](O[C@@H]2C(O)[C@H](C)CC(N)[C@H]2O[C@H]2OC(CO)[C@@H](O)[C@H](O)C2N)C(O)[C@H]1O. The fourth-order valence-electron chi connectivity index (χ4n) is 6.31. The zero-order chi connectivity index (χ0) is 31.5. The number of aliphatic hydroxyl groups excluding tert-OH is 6. The van der Waals surface area contributed by atoms with Gasteiger partial charge in [-0.15, -0.1) is 0 Å². The van der Waals surface area contributed by atoms with Gasteiger partial charge in [0.2, 0.25) is 0 Å². The quantitative estimate of drug-likeness (QED) is 0.0857. The van der Waals surface area contributed by atoms with Crippen LogP contribution in [-0.2, 0) is 18.9 Å². The molecule has 3 rings (SSSR count). The van der Waals surface area contributed by atoms with E-state index in [0.717, 1.165) is 19.4 Å². The second-order valence-corrected chi connectivity index (χ2v) is 12.8. The normalized spacial score (nSPS) is 42.0. The first kappa shape index (κ1) is 36.9. The summed E-state index contributed by atoms with van der Waals surface area (Å²) in [5.74, 6) is -0.277. The molecule has 0 amide bonds. The lowest BCUT2D eigenvalue weighted by atomic mass is 9.80. The molecule has 3 fully saturated rings. The third kappa shape index (κ3) is 10.2. The van der Waals surface area contributed by atoms with Crippen molar-refractivity contribution in [1.29, 1.82) is 0 Å². The molecule has 0 radical (unpaired) electrons. The highest BCUT2D eigenvalue weighted by atomic mass is 16.7. The van der Waals surface area contributed by atoms with Gasteiger partial charge in [-0.05, 0) is 25.3 Å². The van der Waals surface area contributed by atoms with Crippen molar-refractivity contribution >= 4 is 0 Å². The van der Waals surface area contributed by atoms with Crippen LogP contribution in [0, 0.1) is 5.92 Å². The minimum Gasteiger partial charge on any atom is -0.394 e. The summed E-state index contributed by atoms with van der Waals surface area (Å²) in [7, 11) is 0. The van der Waals surface area contributed by atoms with Gasteiger partial charge in [-0.3, -0.25) is 0 Å². The second-order valence-electron chi connectivity index (χ2n) is 12.8. The molecule has 0 bridgehead atoms. The Kier molecular flexibility index (Phi) is 16.0. The maximum Gasteiger partial charge on any atom is 0.187 e. The van der Waals surface area contributed by atoms with E-state index in [9.17, 15) is 30.6 Å². The van der Waals surface area contributed by atoms with Gasteiger partial charge in [0.15, 0.2) is 12.6 Å². The van der Waals surface area contributed by atoms with Gasteiger partial charge in [0.05, 0.1) is 18.8 Å². The molecule has 13 nitrogen and oxygen atoms in total. The van der Waals surface area contributed by atoms with Crippen molar-refractivity contribution < 1.29 is 49.6 Å². The average Bonchev–Trinajstić information content (AvgIpc) is 3.25. The molecule has 0 spiro atoms. The maximum absolute atomic E-state index is 11.0. The van der Waals surface area contributed by atoms with Gasteiger partial charge in [0.25, 0.3) is 0 Å². The van der Waals surface area contributed by atoms with Gasteiger partial charge in [0, 0.05) is 12.6 Å². The lowest BCUT2D eigenvalue weighted by Crippen LogP contribution is -2.66. The molecule has 2 aliphatic heterocycles. The Morgan fingerprint density at radius 3 is 1.88 bits per heavy atom. The van der Waals surface area contributed by atoms with Gasteiger partial charge in [-0.25, -0.2) is 0 Å². The van der Waals surface area contributed by atoms with Crippen LogP contribution < -0.4 is 16.8 Å². The summed E-state index contributed by atoms with van der Waals surface area (Å²) in [6.07, 6.45) is -0.0432. The zero-order valence-corrected chi connectivity index (χ0v) is 26.0. The van der Waals surface area contributed by atoms with Gasteiger partial charge in [-0.1, -0.05) is 71.6 Å². The lowest BCUT2D eigenvalue weighted by molar-refractivity contribution is -0.312. The van der Waals surface area contributed by atoms with Crippen LogP contribution in [0.3, 0.4) is 0 Å². The molecule has 11 N–H and O–H groups in total. The van der Waals surface area contributed by atoms with Gasteiger partial charge >= 0.3 is 0 Å². The number of rotatable bonds is 18. The summed E-state index contributed by atoms with van der Waals surface area (Å²) < 4.78 is 23.6. The molecule has 254 valence electrons. The summed E-state index contributed by atoms with van der Waals surface area (Å²) in [5, 5.41) is 65.7. The fourth-order valence-corrected chi connectivity index (χ4v) is 6.31. The highest BCUT2D eigenvalue weighted by molar-refractivity contribution is 4.99. The fraction of sp³-hybridized carbons (Fsp3) is 1.00. The molecule has 43 heavy (non-hydrogen) atoms. The summed E-state index contributed by atoms with van der Waals surface area (Å²) >= 11 is 0. The van der Waals surface area contributed by atoms with E-state index >= 15 is 0 Å². The Balaban J connectivity index is 1.47. The molecule has 14 atom stereocenters. The molecule has 2 saturated heterocycles. The van der Waals surface area contributed by atoms with Crippen molar-refractivity contribution in [2.45, 2.75) is 164 Å². The first-order chi connectivity index (χ1) is 20.6.